The maximum Gasteiger partial charge on any atom is 0.316 e. The Hall–Kier alpha value is -2.49. The lowest BCUT2D eigenvalue weighted by atomic mass is 9.99. The minimum Gasteiger partial charge on any atom is -0.508 e. The molecule has 110 valence electrons. The standard InChI is InChI=1S/C17H18O4/c1-12-6-5-7-13(10-12)21-11-15(17(19)20-2)14-8-3-4-9-16(14)18/h3-10,15,18H,11H2,1-2H3. The molecule has 1 N–H and O–H groups in total. The van der Waals surface area contributed by atoms with Crippen molar-refractivity contribution in [3.8, 4) is 11.5 Å². The fourth-order valence-electron chi connectivity index (χ4n) is 2.09. The molecular formula is C17H18O4. The van der Waals surface area contributed by atoms with Crippen LogP contribution in [0.1, 0.15) is 17.0 Å². The Kier molecular flexibility index (Phi) is 4.82. The van der Waals surface area contributed by atoms with Crippen LogP contribution in [0.2, 0.25) is 0 Å². The highest BCUT2D eigenvalue weighted by molar-refractivity contribution is 5.79. The summed E-state index contributed by atoms with van der Waals surface area (Å²) in [4.78, 5) is 11.9. The van der Waals surface area contributed by atoms with Crippen LogP contribution in [0, 0.1) is 6.92 Å². The quantitative estimate of drug-likeness (QED) is 0.858. The zero-order valence-corrected chi connectivity index (χ0v) is 12.1. The first kappa shape index (κ1) is 14.9. The van der Waals surface area contributed by atoms with E-state index in [9.17, 15) is 9.90 Å². The molecule has 2 aromatic carbocycles. The van der Waals surface area contributed by atoms with Crippen molar-refractivity contribution >= 4 is 5.97 Å². The molecule has 2 rings (SSSR count). The number of phenolic OH excluding ortho intramolecular Hbond substituents is 1. The third-order valence-electron chi connectivity index (χ3n) is 3.20. The van der Waals surface area contributed by atoms with Crippen LogP contribution < -0.4 is 4.74 Å². The van der Waals surface area contributed by atoms with Gasteiger partial charge < -0.3 is 14.6 Å². The van der Waals surface area contributed by atoms with Gasteiger partial charge in [-0.1, -0.05) is 30.3 Å². The normalized spacial score (nSPS) is 11.7. The van der Waals surface area contributed by atoms with Gasteiger partial charge in [-0.25, -0.2) is 0 Å². The monoisotopic (exact) mass is 286 g/mol. The second-order valence-electron chi connectivity index (χ2n) is 4.76. The smallest absolute Gasteiger partial charge is 0.316 e. The van der Waals surface area contributed by atoms with E-state index in [-0.39, 0.29) is 12.4 Å². The van der Waals surface area contributed by atoms with E-state index in [4.69, 9.17) is 9.47 Å². The van der Waals surface area contributed by atoms with Gasteiger partial charge in [0.15, 0.2) is 0 Å². The van der Waals surface area contributed by atoms with Crippen molar-refractivity contribution in [2.45, 2.75) is 12.8 Å². The lowest BCUT2D eigenvalue weighted by Gasteiger charge is -2.17. The summed E-state index contributed by atoms with van der Waals surface area (Å²) in [5.74, 6) is -0.374. The van der Waals surface area contributed by atoms with Crippen LogP contribution in [0.5, 0.6) is 11.5 Å². The zero-order valence-electron chi connectivity index (χ0n) is 12.1. The first-order chi connectivity index (χ1) is 10.1. The van der Waals surface area contributed by atoms with Gasteiger partial charge in [-0.3, -0.25) is 4.79 Å². The Bertz CT molecular complexity index is 622. The molecular weight excluding hydrogens is 268 g/mol. The lowest BCUT2D eigenvalue weighted by molar-refractivity contribution is -0.143. The predicted molar refractivity (Wildman–Crippen MR) is 79.5 cm³/mol. The predicted octanol–water partition coefficient (Wildman–Crippen LogP) is 3.04. The molecule has 0 aliphatic rings. The van der Waals surface area contributed by atoms with Gasteiger partial charge in [-0.15, -0.1) is 0 Å². The molecule has 0 aromatic heterocycles. The summed E-state index contributed by atoms with van der Waals surface area (Å²) in [6.45, 7) is 2.07. The Balaban J connectivity index is 2.18. The largest absolute Gasteiger partial charge is 0.508 e. The summed E-state index contributed by atoms with van der Waals surface area (Å²) >= 11 is 0. The number of esters is 1. The number of benzene rings is 2. The van der Waals surface area contributed by atoms with Gasteiger partial charge in [0, 0.05) is 5.56 Å². The molecule has 0 bridgehead atoms. The molecule has 0 amide bonds. The Morgan fingerprint density at radius 3 is 2.62 bits per heavy atom. The van der Waals surface area contributed by atoms with Gasteiger partial charge in [0.2, 0.25) is 0 Å². The van der Waals surface area contributed by atoms with Crippen LogP contribution in [-0.4, -0.2) is 24.8 Å². The van der Waals surface area contributed by atoms with Gasteiger partial charge >= 0.3 is 5.97 Å². The molecule has 0 aliphatic carbocycles. The van der Waals surface area contributed by atoms with Crippen molar-refractivity contribution in [3.05, 3.63) is 59.7 Å². The van der Waals surface area contributed by atoms with Crippen LogP contribution in [0.15, 0.2) is 48.5 Å². The summed E-state index contributed by atoms with van der Waals surface area (Å²) < 4.78 is 10.5. The van der Waals surface area contributed by atoms with Crippen molar-refractivity contribution in [3.63, 3.8) is 0 Å². The summed E-state index contributed by atoms with van der Waals surface area (Å²) in [7, 11) is 1.32. The molecule has 0 radical (unpaired) electrons. The van der Waals surface area contributed by atoms with E-state index in [0.717, 1.165) is 5.56 Å². The van der Waals surface area contributed by atoms with E-state index < -0.39 is 11.9 Å². The third-order valence-corrected chi connectivity index (χ3v) is 3.20. The van der Waals surface area contributed by atoms with Gasteiger partial charge in [0.25, 0.3) is 0 Å². The van der Waals surface area contributed by atoms with E-state index in [0.29, 0.717) is 11.3 Å². The Labute approximate surface area is 123 Å². The summed E-state index contributed by atoms with van der Waals surface area (Å²) in [6.07, 6.45) is 0. The minimum atomic E-state index is -0.670. The molecule has 21 heavy (non-hydrogen) atoms. The number of aromatic hydroxyl groups is 1. The number of para-hydroxylation sites is 1. The van der Waals surface area contributed by atoms with E-state index in [2.05, 4.69) is 0 Å². The highest BCUT2D eigenvalue weighted by atomic mass is 16.5. The molecule has 0 saturated heterocycles. The molecule has 0 fully saturated rings. The number of phenols is 1. The molecule has 4 heteroatoms. The lowest BCUT2D eigenvalue weighted by Crippen LogP contribution is -2.21. The third kappa shape index (κ3) is 3.75. The van der Waals surface area contributed by atoms with Gasteiger partial charge in [-0.05, 0) is 30.7 Å². The van der Waals surface area contributed by atoms with Crippen LogP contribution in [-0.2, 0) is 9.53 Å². The zero-order chi connectivity index (χ0) is 15.2. The van der Waals surface area contributed by atoms with Crippen molar-refractivity contribution in [2.24, 2.45) is 0 Å². The van der Waals surface area contributed by atoms with Crippen LogP contribution in [0.25, 0.3) is 0 Å². The number of hydrogen-bond acceptors (Lipinski definition) is 4. The molecule has 1 atom stereocenters. The molecule has 0 aliphatic heterocycles. The first-order valence-corrected chi connectivity index (χ1v) is 6.67. The van der Waals surface area contributed by atoms with E-state index in [1.807, 2.05) is 31.2 Å². The van der Waals surface area contributed by atoms with E-state index in [1.54, 1.807) is 18.2 Å². The SMILES string of the molecule is COC(=O)C(COc1cccc(C)c1)c1ccccc1O. The van der Waals surface area contributed by atoms with E-state index in [1.165, 1.54) is 13.2 Å². The number of methoxy groups -OCH3 is 1. The molecule has 0 spiro atoms. The molecule has 1 unspecified atom stereocenters. The van der Waals surface area contributed by atoms with Crippen LogP contribution in [0.4, 0.5) is 0 Å². The minimum absolute atomic E-state index is 0.0562. The number of carbonyl (C=O) groups excluding carboxylic acids is 1. The molecule has 4 nitrogen and oxygen atoms in total. The summed E-state index contributed by atoms with van der Waals surface area (Å²) in [5.41, 5.74) is 1.57. The molecule has 2 aromatic rings. The number of hydrogen-bond donors (Lipinski definition) is 1. The summed E-state index contributed by atoms with van der Waals surface area (Å²) in [6, 6.07) is 14.3. The van der Waals surface area contributed by atoms with E-state index >= 15 is 0 Å². The van der Waals surface area contributed by atoms with Gasteiger partial charge in [0.1, 0.15) is 24.0 Å². The average molecular weight is 286 g/mol. The van der Waals surface area contributed by atoms with Crippen molar-refractivity contribution < 1.29 is 19.4 Å². The number of aryl methyl sites for hydroxylation is 1. The number of ether oxygens (including phenoxy) is 2. The number of rotatable bonds is 5. The summed E-state index contributed by atoms with van der Waals surface area (Å²) in [5, 5.41) is 9.90. The van der Waals surface area contributed by atoms with Crippen LogP contribution in [0.3, 0.4) is 0 Å². The number of carbonyl (C=O) groups is 1. The van der Waals surface area contributed by atoms with Crippen LogP contribution >= 0.6 is 0 Å². The second-order valence-corrected chi connectivity index (χ2v) is 4.76. The highest BCUT2D eigenvalue weighted by Crippen LogP contribution is 2.27. The molecule has 0 saturated carbocycles. The average Bonchev–Trinajstić information content (AvgIpc) is 2.49. The second kappa shape index (κ2) is 6.79. The van der Waals surface area contributed by atoms with Crippen molar-refractivity contribution in [1.29, 1.82) is 0 Å². The Morgan fingerprint density at radius 2 is 1.95 bits per heavy atom. The fraction of sp³-hybridized carbons (Fsp3) is 0.235. The maximum atomic E-state index is 11.9. The topological polar surface area (TPSA) is 55.8 Å². The fourth-order valence-corrected chi connectivity index (χ4v) is 2.09. The van der Waals surface area contributed by atoms with Gasteiger partial charge in [0.05, 0.1) is 7.11 Å². The maximum absolute atomic E-state index is 11.9. The van der Waals surface area contributed by atoms with Crippen molar-refractivity contribution in [1.82, 2.24) is 0 Å². The molecule has 0 heterocycles. The van der Waals surface area contributed by atoms with Crippen molar-refractivity contribution in [2.75, 3.05) is 13.7 Å². The highest BCUT2D eigenvalue weighted by Gasteiger charge is 2.25. The first-order valence-electron chi connectivity index (χ1n) is 6.67. The van der Waals surface area contributed by atoms with Gasteiger partial charge in [-0.2, -0.15) is 0 Å². The Morgan fingerprint density at radius 1 is 1.19 bits per heavy atom.